The van der Waals surface area contributed by atoms with Crippen LogP contribution in [-0.2, 0) is 10.0 Å². The van der Waals surface area contributed by atoms with E-state index in [9.17, 15) is 13.2 Å². The second kappa shape index (κ2) is 7.42. The number of amides is 1. The first-order valence-electron chi connectivity index (χ1n) is 10.1. The fourth-order valence-corrected chi connectivity index (χ4v) is 7.30. The van der Waals surface area contributed by atoms with Gasteiger partial charge in [0, 0.05) is 49.4 Å². The summed E-state index contributed by atoms with van der Waals surface area (Å²) in [5.41, 5.74) is 2.42. The third-order valence-electron chi connectivity index (χ3n) is 5.71. The molecule has 1 aromatic carbocycles. The molecule has 12 heteroatoms. The highest BCUT2D eigenvalue weighted by molar-refractivity contribution is 8.15. The summed E-state index contributed by atoms with van der Waals surface area (Å²) in [7, 11) is -3.40. The zero-order chi connectivity index (χ0) is 21.9. The molecule has 3 aromatic rings. The van der Waals surface area contributed by atoms with Gasteiger partial charge in [-0.1, -0.05) is 11.3 Å². The Hall–Kier alpha value is -2.70. The van der Waals surface area contributed by atoms with E-state index < -0.39 is 10.0 Å². The van der Waals surface area contributed by atoms with Gasteiger partial charge in [-0.25, -0.2) is 18.4 Å². The van der Waals surface area contributed by atoms with Crippen LogP contribution in [0.2, 0.25) is 0 Å². The minimum atomic E-state index is -3.40. The Kier molecular flexibility index (Phi) is 4.63. The van der Waals surface area contributed by atoms with Gasteiger partial charge in [-0.15, -0.1) is 4.40 Å². The quantitative estimate of drug-likeness (QED) is 0.544. The van der Waals surface area contributed by atoms with E-state index in [2.05, 4.69) is 19.3 Å². The van der Waals surface area contributed by atoms with Gasteiger partial charge >= 0.3 is 0 Å². The van der Waals surface area contributed by atoms with Crippen LogP contribution in [0.25, 0.3) is 10.3 Å². The van der Waals surface area contributed by atoms with Gasteiger partial charge in [0.05, 0.1) is 11.4 Å². The van der Waals surface area contributed by atoms with Crippen LogP contribution >= 0.6 is 23.1 Å². The number of aromatic nitrogens is 2. The number of sulfonamides is 1. The second-order valence-electron chi connectivity index (χ2n) is 7.70. The van der Waals surface area contributed by atoms with E-state index in [1.54, 1.807) is 17.5 Å². The summed E-state index contributed by atoms with van der Waals surface area (Å²) in [5.74, 6) is -0.00919. The zero-order valence-electron chi connectivity index (χ0n) is 16.8. The molecule has 0 unspecified atom stereocenters. The molecule has 0 aliphatic carbocycles. The Morgan fingerprint density at radius 1 is 1.06 bits per heavy atom. The number of pyridine rings is 1. The fraction of sp³-hybridized carbons (Fsp3) is 0.300. The number of carbonyl (C=O) groups is 1. The van der Waals surface area contributed by atoms with E-state index in [4.69, 9.17) is 0 Å². The maximum absolute atomic E-state index is 13.1. The highest BCUT2D eigenvalue weighted by atomic mass is 32.2. The SMILES string of the molecule is O=C(c1ccc2c(c1)SC1=NS(=O)(=O)CCN12)N1CCN(c2nc3cccnc3s2)CC1. The number of thiazole rings is 1. The maximum Gasteiger partial charge on any atom is 0.257 e. The van der Waals surface area contributed by atoms with Crippen molar-refractivity contribution < 1.29 is 13.2 Å². The number of carbonyl (C=O) groups excluding carboxylic acids is 1. The van der Waals surface area contributed by atoms with Gasteiger partial charge in [0.2, 0.25) is 0 Å². The number of benzene rings is 1. The van der Waals surface area contributed by atoms with Crippen LogP contribution in [0.3, 0.4) is 0 Å². The van der Waals surface area contributed by atoms with Crippen LogP contribution in [0, 0.1) is 0 Å². The Morgan fingerprint density at radius 2 is 1.91 bits per heavy atom. The van der Waals surface area contributed by atoms with Crippen molar-refractivity contribution in [2.75, 3.05) is 48.3 Å². The second-order valence-corrected chi connectivity index (χ2v) is 11.4. The first-order chi connectivity index (χ1) is 15.5. The average molecular weight is 487 g/mol. The van der Waals surface area contributed by atoms with Gasteiger partial charge in [-0.2, -0.15) is 0 Å². The lowest BCUT2D eigenvalue weighted by Crippen LogP contribution is -2.48. The van der Waals surface area contributed by atoms with Gasteiger partial charge in [0.15, 0.2) is 10.3 Å². The molecule has 0 spiro atoms. The number of anilines is 2. The predicted molar refractivity (Wildman–Crippen MR) is 126 cm³/mol. The highest BCUT2D eigenvalue weighted by Crippen LogP contribution is 2.42. The molecule has 2 aromatic heterocycles. The molecule has 1 amide bonds. The third kappa shape index (κ3) is 3.42. The highest BCUT2D eigenvalue weighted by Gasteiger charge is 2.34. The molecule has 0 atom stereocenters. The van der Waals surface area contributed by atoms with Gasteiger partial charge in [-0.3, -0.25) is 4.79 Å². The molecule has 6 rings (SSSR count). The molecule has 0 saturated carbocycles. The van der Waals surface area contributed by atoms with Gasteiger partial charge in [-0.05, 0) is 42.1 Å². The molecule has 1 fully saturated rings. The molecular formula is C20H18N6O3S3. The van der Waals surface area contributed by atoms with Crippen LogP contribution in [-0.4, -0.2) is 72.8 Å². The number of fused-ring (bicyclic) bond motifs is 4. The van der Waals surface area contributed by atoms with E-state index in [0.29, 0.717) is 43.5 Å². The lowest BCUT2D eigenvalue weighted by atomic mass is 10.1. The van der Waals surface area contributed by atoms with Crippen LogP contribution in [0.1, 0.15) is 10.4 Å². The third-order valence-corrected chi connectivity index (χ3v) is 9.06. The predicted octanol–water partition coefficient (Wildman–Crippen LogP) is 2.27. The maximum atomic E-state index is 13.1. The van der Waals surface area contributed by atoms with Crippen molar-refractivity contribution in [3.05, 3.63) is 42.1 Å². The van der Waals surface area contributed by atoms with Crippen molar-refractivity contribution in [2.45, 2.75) is 4.90 Å². The number of rotatable bonds is 2. The topological polar surface area (TPSA) is 99.1 Å². The van der Waals surface area contributed by atoms with Crippen LogP contribution < -0.4 is 9.80 Å². The summed E-state index contributed by atoms with van der Waals surface area (Å²) in [6.45, 7) is 3.05. The monoisotopic (exact) mass is 486 g/mol. The smallest absolute Gasteiger partial charge is 0.257 e. The first-order valence-corrected chi connectivity index (χ1v) is 13.4. The summed E-state index contributed by atoms with van der Waals surface area (Å²) in [6, 6.07) is 9.40. The van der Waals surface area contributed by atoms with Crippen LogP contribution in [0.4, 0.5) is 10.8 Å². The van der Waals surface area contributed by atoms with Crippen LogP contribution in [0.15, 0.2) is 45.8 Å². The molecule has 32 heavy (non-hydrogen) atoms. The Balaban J connectivity index is 1.16. The van der Waals surface area contributed by atoms with Crippen molar-refractivity contribution in [1.82, 2.24) is 14.9 Å². The average Bonchev–Trinajstić information content (AvgIpc) is 3.38. The molecule has 3 aliphatic heterocycles. The number of thioether (sulfide) groups is 1. The molecule has 1 saturated heterocycles. The standard InChI is InChI=1S/C20H18N6O3S3/c27-18(13-3-4-15-16(12-13)30-20-23-32(28,29)11-10-26(15)20)24-6-8-25(9-7-24)19-22-14-2-1-5-21-17(14)31-19/h1-5,12H,6-11H2. The molecular weight excluding hydrogens is 468 g/mol. The van der Waals surface area contributed by atoms with E-state index in [0.717, 1.165) is 26.1 Å². The van der Waals surface area contributed by atoms with Crippen LogP contribution in [0.5, 0.6) is 0 Å². The number of piperazine rings is 1. The molecule has 0 bridgehead atoms. The molecule has 3 aliphatic rings. The largest absolute Gasteiger partial charge is 0.344 e. The van der Waals surface area contributed by atoms with Gasteiger partial charge in [0.1, 0.15) is 10.3 Å². The normalized spacial score (nSPS) is 19.6. The van der Waals surface area contributed by atoms with Crippen molar-refractivity contribution in [2.24, 2.45) is 4.40 Å². The molecule has 9 nitrogen and oxygen atoms in total. The first kappa shape index (κ1) is 19.9. The number of hydrogen-bond acceptors (Lipinski definition) is 9. The number of hydrogen-bond donors (Lipinski definition) is 0. The molecule has 0 N–H and O–H groups in total. The molecule has 5 heterocycles. The fourth-order valence-electron chi connectivity index (χ4n) is 4.04. The Morgan fingerprint density at radius 3 is 2.72 bits per heavy atom. The molecule has 164 valence electrons. The summed E-state index contributed by atoms with van der Waals surface area (Å²) < 4.78 is 27.5. The van der Waals surface area contributed by atoms with E-state index >= 15 is 0 Å². The lowest BCUT2D eigenvalue weighted by molar-refractivity contribution is 0.0746. The minimum Gasteiger partial charge on any atom is -0.344 e. The summed E-state index contributed by atoms with van der Waals surface area (Å²) in [5, 5.41) is 1.40. The summed E-state index contributed by atoms with van der Waals surface area (Å²) in [6.07, 6.45) is 1.77. The number of nitrogens with zero attached hydrogens (tertiary/aromatic N) is 6. The molecule has 0 radical (unpaired) electrons. The Bertz CT molecular complexity index is 1350. The van der Waals surface area contributed by atoms with Crippen molar-refractivity contribution in [1.29, 1.82) is 0 Å². The zero-order valence-corrected chi connectivity index (χ0v) is 19.3. The summed E-state index contributed by atoms with van der Waals surface area (Å²) >= 11 is 2.88. The van der Waals surface area contributed by atoms with Crippen molar-refractivity contribution in [3.63, 3.8) is 0 Å². The Labute approximate surface area is 192 Å². The van der Waals surface area contributed by atoms with Crippen molar-refractivity contribution in [3.8, 4) is 0 Å². The lowest BCUT2D eigenvalue weighted by Gasteiger charge is -2.34. The van der Waals surface area contributed by atoms with Crippen molar-refractivity contribution >= 4 is 65.4 Å². The van der Waals surface area contributed by atoms with E-state index in [1.807, 2.05) is 40.1 Å². The van der Waals surface area contributed by atoms with Gasteiger partial charge in [0.25, 0.3) is 15.9 Å². The minimum absolute atomic E-state index is 0.00613. The van der Waals surface area contributed by atoms with E-state index in [-0.39, 0.29) is 11.7 Å². The number of amidine groups is 1. The van der Waals surface area contributed by atoms with Gasteiger partial charge < -0.3 is 14.7 Å². The van der Waals surface area contributed by atoms with E-state index in [1.165, 1.54) is 11.8 Å². The summed E-state index contributed by atoms with van der Waals surface area (Å²) in [4.78, 5) is 29.9.